The molecule has 1 N–H and O–H groups in total. The molecule has 2 rings (SSSR count). The van der Waals surface area contributed by atoms with Gasteiger partial charge in [0.1, 0.15) is 5.82 Å². The van der Waals surface area contributed by atoms with Gasteiger partial charge in [0.25, 0.3) is 0 Å². The van der Waals surface area contributed by atoms with E-state index in [9.17, 15) is 12.8 Å². The topological polar surface area (TPSA) is 46.2 Å². The predicted molar refractivity (Wildman–Crippen MR) is 68.2 cm³/mol. The van der Waals surface area contributed by atoms with Crippen LogP contribution in [0.2, 0.25) is 0 Å². The van der Waals surface area contributed by atoms with Gasteiger partial charge < -0.3 is 0 Å². The first-order valence-electron chi connectivity index (χ1n) is 6.17. The van der Waals surface area contributed by atoms with E-state index in [4.69, 9.17) is 0 Å². The third-order valence-corrected chi connectivity index (χ3v) is 5.00. The summed E-state index contributed by atoms with van der Waals surface area (Å²) in [4.78, 5) is -0.0101. The first kappa shape index (κ1) is 13.5. The Morgan fingerprint density at radius 2 is 2.00 bits per heavy atom. The highest BCUT2D eigenvalue weighted by Gasteiger charge is 2.30. The van der Waals surface area contributed by atoms with Crippen molar-refractivity contribution in [3.05, 3.63) is 30.1 Å². The molecule has 5 heteroatoms. The van der Waals surface area contributed by atoms with Crippen LogP contribution in [-0.2, 0) is 10.0 Å². The molecule has 0 heterocycles. The first-order valence-corrected chi connectivity index (χ1v) is 7.65. The average molecular weight is 271 g/mol. The summed E-state index contributed by atoms with van der Waals surface area (Å²) in [5.41, 5.74) is 0.0421. The van der Waals surface area contributed by atoms with Crippen LogP contribution in [0.15, 0.2) is 29.2 Å². The number of benzene rings is 1. The van der Waals surface area contributed by atoms with E-state index < -0.39 is 15.8 Å². The Morgan fingerprint density at radius 1 is 1.33 bits per heavy atom. The third-order valence-electron chi connectivity index (χ3n) is 3.61. The molecule has 3 nitrogen and oxygen atoms in total. The van der Waals surface area contributed by atoms with Crippen LogP contribution in [0.25, 0.3) is 0 Å². The van der Waals surface area contributed by atoms with Crippen molar-refractivity contribution in [3.8, 4) is 0 Å². The van der Waals surface area contributed by atoms with Crippen molar-refractivity contribution in [3.63, 3.8) is 0 Å². The maximum atomic E-state index is 13.0. The molecule has 1 saturated carbocycles. The summed E-state index contributed by atoms with van der Waals surface area (Å²) in [5, 5.41) is 0. The lowest BCUT2D eigenvalue weighted by molar-refractivity contribution is 0.336. The third kappa shape index (κ3) is 3.09. The Kier molecular flexibility index (Phi) is 3.73. The van der Waals surface area contributed by atoms with Crippen molar-refractivity contribution in [1.29, 1.82) is 0 Å². The zero-order valence-corrected chi connectivity index (χ0v) is 11.3. The fourth-order valence-corrected chi connectivity index (χ4v) is 3.62. The Morgan fingerprint density at radius 3 is 2.61 bits per heavy atom. The lowest BCUT2D eigenvalue weighted by atomic mass is 9.89. The highest BCUT2D eigenvalue weighted by molar-refractivity contribution is 7.89. The van der Waals surface area contributed by atoms with Gasteiger partial charge in [0.05, 0.1) is 4.90 Å². The molecule has 1 aromatic rings. The number of nitrogens with one attached hydrogen (secondary N) is 1. The highest BCUT2D eigenvalue weighted by atomic mass is 32.2. The van der Waals surface area contributed by atoms with Crippen molar-refractivity contribution in [2.75, 3.05) is 6.54 Å². The zero-order valence-electron chi connectivity index (χ0n) is 10.4. The van der Waals surface area contributed by atoms with Gasteiger partial charge >= 0.3 is 0 Å². The van der Waals surface area contributed by atoms with E-state index in [1.165, 1.54) is 18.2 Å². The van der Waals surface area contributed by atoms with Crippen molar-refractivity contribution < 1.29 is 12.8 Å². The fraction of sp³-hybridized carbons (Fsp3) is 0.538. The summed E-state index contributed by atoms with van der Waals surface area (Å²) >= 11 is 0. The van der Waals surface area contributed by atoms with Crippen molar-refractivity contribution in [2.24, 2.45) is 5.41 Å². The average Bonchev–Trinajstić information content (AvgIpc) is 2.75. The molecule has 1 fully saturated rings. The second-order valence-electron chi connectivity index (χ2n) is 5.30. The van der Waals surface area contributed by atoms with Gasteiger partial charge in [0.2, 0.25) is 10.0 Å². The first-order chi connectivity index (χ1) is 8.41. The molecule has 100 valence electrons. The Labute approximate surface area is 107 Å². The molecule has 0 atom stereocenters. The van der Waals surface area contributed by atoms with E-state index in [-0.39, 0.29) is 10.3 Å². The second-order valence-corrected chi connectivity index (χ2v) is 7.07. The molecular weight excluding hydrogens is 253 g/mol. The predicted octanol–water partition coefficient (Wildman–Crippen LogP) is 2.68. The molecular formula is C13H18FNO2S. The molecule has 0 aromatic heterocycles. The molecule has 0 aliphatic heterocycles. The molecule has 18 heavy (non-hydrogen) atoms. The van der Waals surface area contributed by atoms with Crippen LogP contribution in [0.4, 0.5) is 4.39 Å². The van der Waals surface area contributed by atoms with E-state index in [1.54, 1.807) is 0 Å². The number of sulfonamides is 1. The van der Waals surface area contributed by atoms with E-state index >= 15 is 0 Å². The normalized spacial score (nSPS) is 19.0. The summed E-state index contributed by atoms with van der Waals surface area (Å²) in [6.45, 7) is 2.51. The fourth-order valence-electron chi connectivity index (χ4n) is 2.39. The smallest absolute Gasteiger partial charge is 0.211 e. The minimum atomic E-state index is -3.60. The largest absolute Gasteiger partial charge is 0.240 e. The highest BCUT2D eigenvalue weighted by Crippen LogP contribution is 2.36. The molecule has 0 unspecified atom stereocenters. The van der Waals surface area contributed by atoms with Crippen LogP contribution in [-0.4, -0.2) is 15.0 Å². The standard InChI is InChI=1S/C13H18FNO2S/c1-13(7-2-3-8-13)10-15-18(16,17)12-6-4-5-11(14)9-12/h4-6,9,15H,2-3,7-8,10H2,1H3. The molecule has 0 radical (unpaired) electrons. The number of halogens is 1. The molecule has 0 amide bonds. The molecule has 1 aromatic carbocycles. The van der Waals surface area contributed by atoms with Crippen LogP contribution in [0.3, 0.4) is 0 Å². The quantitative estimate of drug-likeness (QED) is 0.915. The van der Waals surface area contributed by atoms with Gasteiger partial charge in [-0.25, -0.2) is 17.5 Å². The molecule has 1 aliphatic carbocycles. The van der Waals surface area contributed by atoms with Gasteiger partial charge in [0.15, 0.2) is 0 Å². The van der Waals surface area contributed by atoms with Crippen molar-refractivity contribution in [2.45, 2.75) is 37.5 Å². The van der Waals surface area contributed by atoms with Crippen molar-refractivity contribution >= 4 is 10.0 Å². The minimum absolute atomic E-state index is 0.0101. The van der Waals surface area contributed by atoms with Crippen LogP contribution in [0, 0.1) is 11.2 Å². The van der Waals surface area contributed by atoms with Crippen LogP contribution >= 0.6 is 0 Å². The van der Waals surface area contributed by atoms with Gasteiger partial charge in [-0.2, -0.15) is 0 Å². The lowest BCUT2D eigenvalue weighted by Gasteiger charge is -2.23. The van der Waals surface area contributed by atoms with Gasteiger partial charge in [-0.1, -0.05) is 25.8 Å². The number of rotatable bonds is 4. The van der Waals surface area contributed by atoms with Crippen LogP contribution < -0.4 is 4.72 Å². The summed E-state index contributed by atoms with van der Waals surface area (Å²) in [5.74, 6) is -0.537. The SMILES string of the molecule is CC1(CNS(=O)(=O)c2cccc(F)c2)CCCC1. The molecule has 1 aliphatic rings. The Bertz CT molecular complexity index is 522. The van der Waals surface area contributed by atoms with Crippen molar-refractivity contribution in [1.82, 2.24) is 4.72 Å². The monoisotopic (exact) mass is 271 g/mol. The summed E-state index contributed by atoms with van der Waals surface area (Å²) < 4.78 is 39.6. The second kappa shape index (κ2) is 4.97. The maximum Gasteiger partial charge on any atom is 0.240 e. The lowest BCUT2D eigenvalue weighted by Crippen LogP contribution is -2.34. The van der Waals surface area contributed by atoms with Gasteiger partial charge in [-0.3, -0.25) is 0 Å². The Balaban J connectivity index is 2.08. The van der Waals surface area contributed by atoms with Gasteiger partial charge in [-0.05, 0) is 36.5 Å². The van der Waals surface area contributed by atoms with E-state index in [1.807, 2.05) is 0 Å². The number of hydrogen-bond acceptors (Lipinski definition) is 2. The molecule has 0 saturated heterocycles. The Hall–Kier alpha value is -0.940. The zero-order chi connectivity index (χ0) is 13.2. The van der Waals surface area contributed by atoms with Gasteiger partial charge in [0, 0.05) is 6.54 Å². The summed E-state index contributed by atoms with van der Waals surface area (Å²) in [6.07, 6.45) is 4.38. The maximum absolute atomic E-state index is 13.0. The molecule has 0 bridgehead atoms. The number of hydrogen-bond donors (Lipinski definition) is 1. The van der Waals surface area contributed by atoms with E-state index in [0.29, 0.717) is 6.54 Å². The van der Waals surface area contributed by atoms with E-state index in [0.717, 1.165) is 31.7 Å². The minimum Gasteiger partial charge on any atom is -0.211 e. The summed E-state index contributed by atoms with van der Waals surface area (Å²) in [7, 11) is -3.60. The van der Waals surface area contributed by atoms with Crippen LogP contribution in [0.5, 0.6) is 0 Å². The van der Waals surface area contributed by atoms with Crippen LogP contribution in [0.1, 0.15) is 32.6 Å². The van der Waals surface area contributed by atoms with E-state index in [2.05, 4.69) is 11.6 Å². The van der Waals surface area contributed by atoms with Gasteiger partial charge in [-0.15, -0.1) is 0 Å². The summed E-state index contributed by atoms with van der Waals surface area (Å²) in [6, 6.07) is 5.08. The molecule has 0 spiro atoms.